The van der Waals surface area contributed by atoms with Gasteiger partial charge in [-0.25, -0.2) is 4.99 Å². The predicted molar refractivity (Wildman–Crippen MR) is 103 cm³/mol. The third-order valence-corrected chi connectivity index (χ3v) is 4.71. The molecule has 1 aliphatic rings. The Labute approximate surface area is 150 Å². The van der Waals surface area contributed by atoms with Gasteiger partial charge in [0.05, 0.1) is 13.1 Å². The van der Waals surface area contributed by atoms with E-state index in [9.17, 15) is 0 Å². The molecule has 0 atom stereocenters. The average molecular weight is 339 g/mol. The minimum Gasteiger partial charge on any atom is -0.357 e. The lowest BCUT2D eigenvalue weighted by molar-refractivity contribution is 0.410. The molecule has 1 fully saturated rings. The molecule has 1 aromatic carbocycles. The van der Waals surface area contributed by atoms with E-state index in [1.54, 1.807) is 0 Å². The molecule has 0 amide bonds. The maximum Gasteiger partial charge on any atom is 0.191 e. The van der Waals surface area contributed by atoms with Crippen LogP contribution in [0.5, 0.6) is 0 Å². The van der Waals surface area contributed by atoms with E-state index < -0.39 is 0 Å². The summed E-state index contributed by atoms with van der Waals surface area (Å²) in [5, 5.41) is 11.3. The standard InChI is InChI=1S/C20H29N5/c1-2-21-20(24-19-11-4-3-5-12-19)22-15-17-9-6-7-10-18(17)16-25-14-8-13-23-25/h6-10,13-14,19H,2-5,11-12,15-16H2,1H3,(H2,21,22,24). The molecule has 5 heteroatoms. The molecule has 0 aliphatic heterocycles. The Bertz CT molecular complexity index is 656. The molecule has 1 aliphatic carbocycles. The van der Waals surface area contributed by atoms with Gasteiger partial charge in [-0.3, -0.25) is 4.68 Å². The zero-order valence-corrected chi connectivity index (χ0v) is 15.1. The highest BCUT2D eigenvalue weighted by Crippen LogP contribution is 2.17. The Balaban J connectivity index is 1.67. The highest BCUT2D eigenvalue weighted by atomic mass is 15.3. The second-order valence-electron chi connectivity index (χ2n) is 6.65. The third-order valence-electron chi connectivity index (χ3n) is 4.71. The van der Waals surface area contributed by atoms with E-state index in [1.807, 2.05) is 23.1 Å². The van der Waals surface area contributed by atoms with Crippen molar-refractivity contribution in [2.45, 2.75) is 58.2 Å². The molecule has 0 spiro atoms. The average Bonchev–Trinajstić information content (AvgIpc) is 3.15. The zero-order chi connectivity index (χ0) is 17.3. The Kier molecular flexibility index (Phi) is 6.48. The summed E-state index contributed by atoms with van der Waals surface area (Å²) < 4.78 is 1.95. The lowest BCUT2D eigenvalue weighted by atomic mass is 9.96. The van der Waals surface area contributed by atoms with E-state index in [0.717, 1.165) is 19.0 Å². The van der Waals surface area contributed by atoms with Crippen molar-refractivity contribution in [3.63, 3.8) is 0 Å². The minimum atomic E-state index is 0.561. The van der Waals surface area contributed by atoms with Crippen molar-refractivity contribution in [3.05, 3.63) is 53.9 Å². The van der Waals surface area contributed by atoms with E-state index in [0.29, 0.717) is 12.6 Å². The maximum absolute atomic E-state index is 4.83. The number of hydrogen-bond acceptors (Lipinski definition) is 2. The van der Waals surface area contributed by atoms with Gasteiger partial charge >= 0.3 is 0 Å². The number of aromatic nitrogens is 2. The molecule has 1 heterocycles. The highest BCUT2D eigenvalue weighted by molar-refractivity contribution is 5.80. The van der Waals surface area contributed by atoms with Crippen molar-refractivity contribution in [1.29, 1.82) is 0 Å². The van der Waals surface area contributed by atoms with Gasteiger partial charge in [0, 0.05) is 25.0 Å². The summed E-state index contributed by atoms with van der Waals surface area (Å²) in [7, 11) is 0. The largest absolute Gasteiger partial charge is 0.357 e. The Morgan fingerprint density at radius 1 is 1.16 bits per heavy atom. The predicted octanol–water partition coefficient (Wildman–Crippen LogP) is 3.32. The lowest BCUT2D eigenvalue weighted by Crippen LogP contribution is -2.44. The van der Waals surface area contributed by atoms with Crippen molar-refractivity contribution in [3.8, 4) is 0 Å². The first-order valence-electron chi connectivity index (χ1n) is 9.44. The number of nitrogens with one attached hydrogen (secondary N) is 2. The molecule has 0 saturated heterocycles. The summed E-state index contributed by atoms with van der Waals surface area (Å²) in [6, 6.07) is 11.0. The number of rotatable bonds is 6. The van der Waals surface area contributed by atoms with Crippen LogP contribution >= 0.6 is 0 Å². The van der Waals surface area contributed by atoms with Crippen LogP contribution in [-0.4, -0.2) is 28.3 Å². The number of guanidine groups is 1. The topological polar surface area (TPSA) is 54.2 Å². The Morgan fingerprint density at radius 2 is 1.96 bits per heavy atom. The van der Waals surface area contributed by atoms with Crippen molar-refractivity contribution in [2.75, 3.05) is 6.54 Å². The lowest BCUT2D eigenvalue weighted by Gasteiger charge is -2.25. The summed E-state index contributed by atoms with van der Waals surface area (Å²) in [5.74, 6) is 0.934. The monoisotopic (exact) mass is 339 g/mol. The fourth-order valence-corrected chi connectivity index (χ4v) is 3.36. The summed E-state index contributed by atoms with van der Waals surface area (Å²) in [6.45, 7) is 4.46. The van der Waals surface area contributed by atoms with Crippen LogP contribution < -0.4 is 10.6 Å². The van der Waals surface area contributed by atoms with Crippen LogP contribution in [0.2, 0.25) is 0 Å². The molecule has 0 bridgehead atoms. The second kappa shape index (κ2) is 9.25. The van der Waals surface area contributed by atoms with Gasteiger partial charge < -0.3 is 10.6 Å². The van der Waals surface area contributed by atoms with E-state index in [1.165, 1.54) is 43.2 Å². The Morgan fingerprint density at radius 3 is 2.68 bits per heavy atom. The van der Waals surface area contributed by atoms with Crippen molar-refractivity contribution < 1.29 is 0 Å². The van der Waals surface area contributed by atoms with Crippen LogP contribution in [0.1, 0.15) is 50.2 Å². The number of aliphatic imine (C=N–C) groups is 1. The van der Waals surface area contributed by atoms with Crippen LogP contribution in [-0.2, 0) is 13.1 Å². The van der Waals surface area contributed by atoms with Gasteiger partial charge in [0.15, 0.2) is 5.96 Å². The number of nitrogens with zero attached hydrogens (tertiary/aromatic N) is 3. The van der Waals surface area contributed by atoms with Crippen LogP contribution in [0.15, 0.2) is 47.7 Å². The molecule has 5 nitrogen and oxygen atoms in total. The van der Waals surface area contributed by atoms with Gasteiger partial charge in [-0.15, -0.1) is 0 Å². The highest BCUT2D eigenvalue weighted by Gasteiger charge is 2.14. The fraction of sp³-hybridized carbons (Fsp3) is 0.500. The first-order chi connectivity index (χ1) is 12.3. The molecule has 25 heavy (non-hydrogen) atoms. The molecular formula is C20H29N5. The van der Waals surface area contributed by atoms with E-state index >= 15 is 0 Å². The third kappa shape index (κ3) is 5.34. The van der Waals surface area contributed by atoms with Gasteiger partial charge in [0.1, 0.15) is 0 Å². The zero-order valence-electron chi connectivity index (χ0n) is 15.1. The van der Waals surface area contributed by atoms with Crippen LogP contribution in [0.25, 0.3) is 0 Å². The van der Waals surface area contributed by atoms with Crippen molar-refractivity contribution >= 4 is 5.96 Å². The summed E-state index contributed by atoms with van der Waals surface area (Å²) in [4.78, 5) is 4.83. The molecule has 3 rings (SSSR count). The van der Waals surface area contributed by atoms with E-state index in [2.05, 4.69) is 46.9 Å². The molecule has 0 unspecified atom stereocenters. The minimum absolute atomic E-state index is 0.561. The van der Waals surface area contributed by atoms with Gasteiger partial charge in [0.2, 0.25) is 0 Å². The van der Waals surface area contributed by atoms with Crippen LogP contribution in [0.3, 0.4) is 0 Å². The second-order valence-corrected chi connectivity index (χ2v) is 6.65. The quantitative estimate of drug-likeness (QED) is 0.627. The summed E-state index contributed by atoms with van der Waals surface area (Å²) in [6.07, 6.45) is 10.3. The first-order valence-corrected chi connectivity index (χ1v) is 9.44. The Hall–Kier alpha value is -2.30. The molecule has 2 N–H and O–H groups in total. The molecule has 0 radical (unpaired) electrons. The summed E-state index contributed by atoms with van der Waals surface area (Å²) in [5.41, 5.74) is 2.52. The molecular weight excluding hydrogens is 310 g/mol. The van der Waals surface area contributed by atoms with Crippen LogP contribution in [0, 0.1) is 0 Å². The first kappa shape index (κ1) is 17.5. The van der Waals surface area contributed by atoms with Gasteiger partial charge in [-0.05, 0) is 37.0 Å². The van der Waals surface area contributed by atoms with Crippen LogP contribution in [0.4, 0.5) is 0 Å². The number of benzene rings is 1. The van der Waals surface area contributed by atoms with Crippen molar-refractivity contribution in [2.24, 2.45) is 4.99 Å². The van der Waals surface area contributed by atoms with E-state index in [4.69, 9.17) is 4.99 Å². The van der Waals surface area contributed by atoms with Crippen molar-refractivity contribution in [1.82, 2.24) is 20.4 Å². The SMILES string of the molecule is CCNC(=NCc1ccccc1Cn1cccn1)NC1CCCCC1. The molecule has 2 aromatic rings. The maximum atomic E-state index is 4.83. The number of hydrogen-bond donors (Lipinski definition) is 2. The fourth-order valence-electron chi connectivity index (χ4n) is 3.36. The van der Waals surface area contributed by atoms with E-state index in [-0.39, 0.29) is 0 Å². The normalized spacial score (nSPS) is 16.0. The molecule has 1 saturated carbocycles. The van der Waals surface area contributed by atoms with Gasteiger partial charge in [-0.1, -0.05) is 43.5 Å². The smallest absolute Gasteiger partial charge is 0.191 e. The van der Waals surface area contributed by atoms with Gasteiger partial charge in [0.25, 0.3) is 0 Å². The molecule has 134 valence electrons. The summed E-state index contributed by atoms with van der Waals surface area (Å²) >= 11 is 0. The van der Waals surface area contributed by atoms with Gasteiger partial charge in [-0.2, -0.15) is 5.10 Å². The molecule has 1 aromatic heterocycles.